The largest absolute Gasteiger partial charge is 0.309 e. The van der Waals surface area contributed by atoms with E-state index in [4.69, 9.17) is 9.97 Å². The molecule has 11 aromatic rings. The van der Waals surface area contributed by atoms with E-state index in [-0.39, 0.29) is 0 Å². The van der Waals surface area contributed by atoms with Crippen molar-refractivity contribution in [3.8, 4) is 50.7 Å². The molecule has 0 aliphatic carbocycles. The monoisotopic (exact) mass is 699 g/mol. The van der Waals surface area contributed by atoms with E-state index in [9.17, 15) is 0 Å². The van der Waals surface area contributed by atoms with Crippen LogP contribution in [-0.4, -0.2) is 14.5 Å². The Bertz CT molecular complexity index is 3100. The number of para-hydroxylation sites is 2. The molecular formula is C52H33N3. The Hall–Kier alpha value is -7.36. The minimum atomic E-state index is 0.708. The smallest absolute Gasteiger partial charge is 0.160 e. The van der Waals surface area contributed by atoms with Gasteiger partial charge in [-0.25, -0.2) is 9.97 Å². The highest BCUT2D eigenvalue weighted by Gasteiger charge is 2.16. The second-order valence-corrected chi connectivity index (χ2v) is 14.2. The topological polar surface area (TPSA) is 30.7 Å². The van der Waals surface area contributed by atoms with Gasteiger partial charge < -0.3 is 4.57 Å². The van der Waals surface area contributed by atoms with E-state index in [1.165, 1.54) is 59.9 Å². The van der Waals surface area contributed by atoms with Crippen molar-refractivity contribution >= 4 is 54.1 Å². The summed E-state index contributed by atoms with van der Waals surface area (Å²) in [4.78, 5) is 10.5. The van der Waals surface area contributed by atoms with Crippen LogP contribution < -0.4 is 0 Å². The molecule has 0 N–H and O–H groups in total. The molecule has 0 saturated carbocycles. The number of rotatable bonds is 5. The summed E-state index contributed by atoms with van der Waals surface area (Å²) < 4.78 is 2.36. The van der Waals surface area contributed by atoms with E-state index in [0.717, 1.165) is 39.2 Å². The van der Waals surface area contributed by atoms with E-state index < -0.39 is 0 Å². The van der Waals surface area contributed by atoms with Crippen molar-refractivity contribution in [3.05, 3.63) is 200 Å². The SMILES string of the molecule is c1ccc2c(-c3cc(-c4cccc5ccccc45)nc(-c4ccc5cc(-c6ccc(-n7c8ccccc8c8ccccc87)cc6)ccc5c4)n3)cccc2c1. The highest BCUT2D eigenvalue weighted by atomic mass is 15.0. The Morgan fingerprint density at radius 2 is 0.764 bits per heavy atom. The van der Waals surface area contributed by atoms with Gasteiger partial charge in [-0.1, -0.05) is 158 Å². The van der Waals surface area contributed by atoms with Crippen molar-refractivity contribution in [1.29, 1.82) is 0 Å². The van der Waals surface area contributed by atoms with Crippen molar-refractivity contribution in [2.75, 3.05) is 0 Å². The third kappa shape index (κ3) is 5.28. The zero-order valence-corrected chi connectivity index (χ0v) is 29.9. The first kappa shape index (κ1) is 31.2. The minimum absolute atomic E-state index is 0.708. The third-order valence-corrected chi connectivity index (χ3v) is 11.0. The fourth-order valence-electron chi connectivity index (χ4n) is 8.32. The van der Waals surface area contributed by atoms with Gasteiger partial charge in [0.25, 0.3) is 0 Å². The molecule has 0 atom stereocenters. The van der Waals surface area contributed by atoms with Crippen molar-refractivity contribution in [1.82, 2.24) is 14.5 Å². The fourth-order valence-corrected chi connectivity index (χ4v) is 8.32. The molecule has 0 amide bonds. The molecule has 0 radical (unpaired) electrons. The molecular weight excluding hydrogens is 667 g/mol. The molecule has 0 fully saturated rings. The van der Waals surface area contributed by atoms with E-state index >= 15 is 0 Å². The summed E-state index contributed by atoms with van der Waals surface area (Å²) in [6, 6.07) is 71.6. The van der Waals surface area contributed by atoms with Gasteiger partial charge in [0.15, 0.2) is 5.82 Å². The Balaban J connectivity index is 0.992. The van der Waals surface area contributed by atoms with Gasteiger partial charge in [0.1, 0.15) is 0 Å². The molecule has 0 bridgehead atoms. The minimum Gasteiger partial charge on any atom is -0.309 e. The van der Waals surface area contributed by atoms with E-state index in [1.807, 2.05) is 0 Å². The zero-order chi connectivity index (χ0) is 36.3. The summed E-state index contributed by atoms with van der Waals surface area (Å²) >= 11 is 0. The Labute approximate surface area is 318 Å². The van der Waals surface area contributed by atoms with Gasteiger partial charge in [-0.15, -0.1) is 0 Å². The van der Waals surface area contributed by atoms with Gasteiger partial charge in [-0.05, 0) is 85.9 Å². The Kier molecular flexibility index (Phi) is 7.17. The Morgan fingerprint density at radius 1 is 0.309 bits per heavy atom. The van der Waals surface area contributed by atoms with Crippen LogP contribution in [0.3, 0.4) is 0 Å². The molecule has 55 heavy (non-hydrogen) atoms. The van der Waals surface area contributed by atoms with Crippen LogP contribution in [0.15, 0.2) is 200 Å². The average molecular weight is 700 g/mol. The average Bonchev–Trinajstić information content (AvgIpc) is 3.60. The summed E-state index contributed by atoms with van der Waals surface area (Å²) in [7, 11) is 0. The van der Waals surface area contributed by atoms with Crippen LogP contribution in [0.1, 0.15) is 0 Å². The summed E-state index contributed by atoms with van der Waals surface area (Å²) in [5, 5.41) is 9.59. The summed E-state index contributed by atoms with van der Waals surface area (Å²) in [6.07, 6.45) is 0. The standard InChI is InChI=1S/C52H33N3/c1-3-15-42-35(11-1)13-9-19-44(42)48-33-49(45-20-10-14-36-12-2-4-16-43(36)45)54-52(53-48)40-26-25-38-31-37(23-24-39(38)32-40)34-27-29-41(30-28-34)55-50-21-7-5-17-46(50)47-18-6-8-22-51(47)55/h1-33H. The number of hydrogen-bond donors (Lipinski definition) is 0. The Morgan fingerprint density at radius 3 is 1.35 bits per heavy atom. The van der Waals surface area contributed by atoms with Gasteiger partial charge in [0.2, 0.25) is 0 Å². The van der Waals surface area contributed by atoms with Crippen molar-refractivity contribution in [2.24, 2.45) is 0 Å². The lowest BCUT2D eigenvalue weighted by Gasteiger charge is -2.13. The van der Waals surface area contributed by atoms with Crippen molar-refractivity contribution < 1.29 is 0 Å². The molecule has 0 aliphatic rings. The van der Waals surface area contributed by atoms with Gasteiger partial charge in [0.05, 0.1) is 22.4 Å². The maximum atomic E-state index is 5.26. The number of hydrogen-bond acceptors (Lipinski definition) is 2. The van der Waals surface area contributed by atoms with E-state index in [0.29, 0.717) is 5.82 Å². The maximum absolute atomic E-state index is 5.26. The molecule has 3 nitrogen and oxygen atoms in total. The molecule has 0 spiro atoms. The van der Waals surface area contributed by atoms with Crippen LogP contribution in [0.4, 0.5) is 0 Å². The molecule has 9 aromatic carbocycles. The summed E-state index contributed by atoms with van der Waals surface area (Å²) in [6.45, 7) is 0. The van der Waals surface area contributed by atoms with Gasteiger partial charge in [-0.3, -0.25) is 0 Å². The normalized spacial score (nSPS) is 11.6. The van der Waals surface area contributed by atoms with Crippen LogP contribution in [0, 0.1) is 0 Å². The zero-order valence-electron chi connectivity index (χ0n) is 29.9. The molecule has 2 aromatic heterocycles. The number of nitrogens with zero attached hydrogens (tertiary/aromatic N) is 3. The highest BCUT2D eigenvalue weighted by Crippen LogP contribution is 2.36. The molecule has 0 saturated heterocycles. The summed E-state index contributed by atoms with van der Waals surface area (Å²) in [5.41, 5.74) is 10.9. The molecule has 2 heterocycles. The lowest BCUT2D eigenvalue weighted by molar-refractivity contribution is 1.18. The van der Waals surface area contributed by atoms with E-state index in [1.54, 1.807) is 0 Å². The maximum Gasteiger partial charge on any atom is 0.160 e. The highest BCUT2D eigenvalue weighted by molar-refractivity contribution is 6.09. The van der Waals surface area contributed by atoms with Gasteiger partial charge in [0, 0.05) is 33.2 Å². The molecule has 0 aliphatic heterocycles. The lowest BCUT2D eigenvalue weighted by atomic mass is 9.97. The second kappa shape index (κ2) is 12.6. The van der Waals surface area contributed by atoms with Gasteiger partial charge in [-0.2, -0.15) is 0 Å². The first-order chi connectivity index (χ1) is 27.2. The predicted octanol–water partition coefficient (Wildman–Crippen LogP) is 13.7. The molecule has 3 heteroatoms. The second-order valence-electron chi connectivity index (χ2n) is 14.2. The van der Waals surface area contributed by atoms with Crippen molar-refractivity contribution in [3.63, 3.8) is 0 Å². The van der Waals surface area contributed by atoms with Crippen LogP contribution >= 0.6 is 0 Å². The first-order valence-electron chi connectivity index (χ1n) is 18.7. The molecule has 256 valence electrons. The quantitative estimate of drug-likeness (QED) is 0.179. The number of fused-ring (bicyclic) bond motifs is 6. The molecule has 11 rings (SSSR count). The third-order valence-electron chi connectivity index (χ3n) is 11.0. The van der Waals surface area contributed by atoms with Crippen LogP contribution in [-0.2, 0) is 0 Å². The van der Waals surface area contributed by atoms with E-state index in [2.05, 4.69) is 205 Å². The first-order valence-corrected chi connectivity index (χ1v) is 18.7. The van der Waals surface area contributed by atoms with Crippen LogP contribution in [0.25, 0.3) is 105 Å². The number of benzene rings is 9. The van der Waals surface area contributed by atoms with Gasteiger partial charge >= 0.3 is 0 Å². The fraction of sp³-hybridized carbons (Fsp3) is 0. The number of aromatic nitrogens is 3. The molecule has 0 unspecified atom stereocenters. The lowest BCUT2D eigenvalue weighted by Crippen LogP contribution is -1.97. The summed E-state index contributed by atoms with van der Waals surface area (Å²) in [5.74, 6) is 0.708. The van der Waals surface area contributed by atoms with Crippen molar-refractivity contribution in [2.45, 2.75) is 0 Å². The van der Waals surface area contributed by atoms with Crippen LogP contribution in [0.5, 0.6) is 0 Å². The van der Waals surface area contributed by atoms with Crippen LogP contribution in [0.2, 0.25) is 0 Å². The predicted molar refractivity (Wildman–Crippen MR) is 231 cm³/mol.